The van der Waals surface area contributed by atoms with E-state index in [1.807, 2.05) is 5.09 Å². The highest BCUT2D eigenvalue weighted by molar-refractivity contribution is 7.49. The molecule has 2 rings (SSSR count). The maximum atomic E-state index is 11.4. The van der Waals surface area contributed by atoms with Crippen molar-refractivity contribution in [2.45, 2.75) is 31.8 Å². The number of ketones is 1. The minimum atomic E-state index is -4.54. The summed E-state index contributed by atoms with van der Waals surface area (Å²) < 4.78 is 11.1. The third-order valence-corrected chi connectivity index (χ3v) is 4.23. The van der Waals surface area contributed by atoms with Crippen molar-refractivity contribution in [2.75, 3.05) is 0 Å². The summed E-state index contributed by atoms with van der Waals surface area (Å²) in [6.07, 6.45) is 3.29. The summed E-state index contributed by atoms with van der Waals surface area (Å²) in [4.78, 5) is 29.5. The van der Waals surface area contributed by atoms with Gasteiger partial charge in [0.05, 0.1) is 12.5 Å². The molecular weight excluding hydrogens is 333 g/mol. The highest BCUT2D eigenvalue weighted by atomic mass is 31.2. The Hall–Kier alpha value is -1.92. The molecule has 0 amide bonds. The zero-order valence-corrected chi connectivity index (χ0v) is 13.8. The molecule has 0 fully saturated rings. The van der Waals surface area contributed by atoms with Crippen LogP contribution in [0.5, 0.6) is 5.75 Å². The van der Waals surface area contributed by atoms with Gasteiger partial charge in [-0.2, -0.15) is 0 Å². The second-order valence-electron chi connectivity index (χ2n) is 5.64. The lowest BCUT2D eigenvalue weighted by atomic mass is 9.94. The molecule has 0 aromatic heterocycles. The molecule has 5 N–H and O–H groups in total. The normalized spacial score (nSPS) is 16.4. The van der Waals surface area contributed by atoms with Crippen molar-refractivity contribution in [1.82, 2.24) is 5.09 Å². The summed E-state index contributed by atoms with van der Waals surface area (Å²) in [6, 6.07) is 6.76. The first kappa shape index (κ1) is 18.4. The quantitative estimate of drug-likeness (QED) is 0.471. The van der Waals surface area contributed by atoms with Crippen LogP contribution >= 0.6 is 7.75 Å². The summed E-state index contributed by atoms with van der Waals surface area (Å²) in [5.74, 6) is -0.0971. The number of aliphatic hydroxyl groups excluding tert-OH is 1. The number of carbonyl (C=O) groups is 1. The Bertz CT molecular complexity index is 704. The molecule has 0 heterocycles. The molecule has 0 bridgehead atoms. The zero-order valence-electron chi connectivity index (χ0n) is 12.9. The molecule has 1 aliphatic rings. The van der Waals surface area contributed by atoms with Crippen molar-refractivity contribution in [3.8, 4) is 5.75 Å². The smallest absolute Gasteiger partial charge is 0.427 e. The summed E-state index contributed by atoms with van der Waals surface area (Å²) in [6.45, 7) is 0. The summed E-state index contributed by atoms with van der Waals surface area (Å²) in [7, 11) is -4.54. The van der Waals surface area contributed by atoms with E-state index >= 15 is 0 Å². The molecule has 8 heteroatoms. The maximum Gasteiger partial charge on any atom is 0.427 e. The number of hydrogen-bond donors (Lipinski definition) is 5. The summed E-state index contributed by atoms with van der Waals surface area (Å²) in [5, 5.41) is 21.5. The Kier molecular flexibility index (Phi) is 5.96. The van der Waals surface area contributed by atoms with Gasteiger partial charge in [-0.05, 0) is 43.0 Å². The molecule has 1 aromatic rings. The van der Waals surface area contributed by atoms with Crippen molar-refractivity contribution in [3.63, 3.8) is 0 Å². The molecule has 0 spiro atoms. The zero-order chi connectivity index (χ0) is 17.7. The number of aromatic hydroxyl groups is 1. The van der Waals surface area contributed by atoms with E-state index in [1.54, 1.807) is 24.3 Å². The standard InChI is InChI=1S/C16H20NO6P/c18-12-6-4-11(5-7-12)2-1-3-16(20)14-9-8-13(19)10-15(14)17-24(21,22)23/h4-9,16,18,20H,1-3,10H2,(H3,17,21,22,23). The fourth-order valence-electron chi connectivity index (χ4n) is 2.53. The van der Waals surface area contributed by atoms with Gasteiger partial charge in [0.1, 0.15) is 5.75 Å². The summed E-state index contributed by atoms with van der Waals surface area (Å²) >= 11 is 0. The topological polar surface area (TPSA) is 127 Å². The first-order chi connectivity index (χ1) is 11.2. The van der Waals surface area contributed by atoms with Gasteiger partial charge in [0.15, 0.2) is 5.78 Å². The van der Waals surface area contributed by atoms with Gasteiger partial charge in [-0.1, -0.05) is 18.2 Å². The number of aryl methyl sites for hydroxylation is 1. The Morgan fingerprint density at radius 1 is 1.17 bits per heavy atom. The van der Waals surface area contributed by atoms with E-state index in [0.29, 0.717) is 24.8 Å². The predicted octanol–water partition coefficient (Wildman–Crippen LogP) is 1.54. The van der Waals surface area contributed by atoms with Gasteiger partial charge in [-0.3, -0.25) is 9.88 Å². The molecule has 0 saturated carbocycles. The van der Waals surface area contributed by atoms with Crippen molar-refractivity contribution in [3.05, 3.63) is 53.3 Å². The van der Waals surface area contributed by atoms with Crippen LogP contribution in [0.2, 0.25) is 0 Å². The van der Waals surface area contributed by atoms with Crippen molar-refractivity contribution in [2.24, 2.45) is 0 Å². The molecule has 0 aliphatic heterocycles. The van der Waals surface area contributed by atoms with Crippen molar-refractivity contribution >= 4 is 13.5 Å². The van der Waals surface area contributed by atoms with Gasteiger partial charge in [0.25, 0.3) is 0 Å². The van der Waals surface area contributed by atoms with E-state index in [-0.39, 0.29) is 23.7 Å². The number of hydrogen-bond acceptors (Lipinski definition) is 4. The Morgan fingerprint density at radius 3 is 2.46 bits per heavy atom. The number of allylic oxidation sites excluding steroid dienone is 2. The molecule has 24 heavy (non-hydrogen) atoms. The minimum Gasteiger partial charge on any atom is -0.508 e. The number of rotatable bonds is 7. The van der Waals surface area contributed by atoms with Gasteiger partial charge in [0.2, 0.25) is 0 Å². The molecule has 1 aliphatic carbocycles. The summed E-state index contributed by atoms with van der Waals surface area (Å²) in [5.41, 5.74) is 1.40. The molecule has 1 unspecified atom stereocenters. The molecule has 130 valence electrons. The van der Waals surface area contributed by atoms with Crippen LogP contribution < -0.4 is 5.09 Å². The van der Waals surface area contributed by atoms with Gasteiger partial charge < -0.3 is 20.0 Å². The number of carbonyl (C=O) groups excluding carboxylic acids is 1. The molecule has 1 atom stereocenters. The van der Waals surface area contributed by atoms with E-state index < -0.39 is 13.9 Å². The second kappa shape index (κ2) is 7.77. The van der Waals surface area contributed by atoms with E-state index in [2.05, 4.69) is 0 Å². The fraction of sp³-hybridized carbons (Fsp3) is 0.312. The molecule has 1 aromatic carbocycles. The predicted molar refractivity (Wildman–Crippen MR) is 88.0 cm³/mol. The third kappa shape index (κ3) is 5.62. The van der Waals surface area contributed by atoms with Crippen LogP contribution in [0.4, 0.5) is 0 Å². The SMILES string of the molecule is O=C1C=CC(C(O)CCCc2ccc(O)cc2)=C(NP(=O)(O)O)C1. The molecule has 0 radical (unpaired) electrons. The number of benzene rings is 1. The van der Waals surface area contributed by atoms with Crippen LogP contribution in [0.25, 0.3) is 0 Å². The second-order valence-corrected chi connectivity index (χ2v) is 6.95. The number of aliphatic hydroxyl groups is 1. The number of phenols is 1. The highest BCUT2D eigenvalue weighted by Gasteiger charge is 2.24. The van der Waals surface area contributed by atoms with Crippen LogP contribution in [0.1, 0.15) is 24.8 Å². The van der Waals surface area contributed by atoms with E-state index in [4.69, 9.17) is 9.79 Å². The van der Waals surface area contributed by atoms with Crippen LogP contribution in [0, 0.1) is 0 Å². The lowest BCUT2D eigenvalue weighted by molar-refractivity contribution is -0.114. The van der Waals surface area contributed by atoms with Crippen molar-refractivity contribution < 1.29 is 29.4 Å². The highest BCUT2D eigenvalue weighted by Crippen LogP contribution is 2.34. The minimum absolute atomic E-state index is 0.0629. The first-order valence-corrected chi connectivity index (χ1v) is 9.09. The molecule has 0 saturated heterocycles. The van der Waals surface area contributed by atoms with Crippen LogP contribution in [0.15, 0.2) is 47.7 Å². The van der Waals surface area contributed by atoms with Gasteiger partial charge in [-0.15, -0.1) is 0 Å². The van der Waals surface area contributed by atoms with Crippen molar-refractivity contribution in [1.29, 1.82) is 0 Å². The Labute approximate surface area is 139 Å². The average molecular weight is 353 g/mol. The van der Waals surface area contributed by atoms with Crippen LogP contribution in [0.3, 0.4) is 0 Å². The van der Waals surface area contributed by atoms with E-state index in [9.17, 15) is 19.6 Å². The van der Waals surface area contributed by atoms with Gasteiger partial charge in [0, 0.05) is 11.3 Å². The first-order valence-electron chi connectivity index (χ1n) is 7.48. The molecular formula is C16H20NO6P. The lowest BCUT2D eigenvalue weighted by Gasteiger charge is -2.21. The van der Waals surface area contributed by atoms with Gasteiger partial charge >= 0.3 is 7.75 Å². The number of phenolic OH excluding ortho intramolecular Hbond substituents is 1. The Morgan fingerprint density at radius 2 is 1.83 bits per heavy atom. The van der Waals surface area contributed by atoms with E-state index in [0.717, 1.165) is 5.56 Å². The number of nitrogens with one attached hydrogen (secondary N) is 1. The van der Waals surface area contributed by atoms with Crippen LogP contribution in [-0.4, -0.2) is 31.9 Å². The fourth-order valence-corrected chi connectivity index (χ4v) is 3.09. The van der Waals surface area contributed by atoms with E-state index in [1.165, 1.54) is 12.2 Å². The Balaban J connectivity index is 2.00. The van der Waals surface area contributed by atoms with Gasteiger partial charge in [-0.25, -0.2) is 4.57 Å². The molecule has 7 nitrogen and oxygen atoms in total. The largest absolute Gasteiger partial charge is 0.508 e. The maximum absolute atomic E-state index is 11.4. The van der Waals surface area contributed by atoms with Crippen LogP contribution in [-0.2, 0) is 15.8 Å². The monoisotopic (exact) mass is 353 g/mol. The third-order valence-electron chi connectivity index (χ3n) is 3.67. The average Bonchev–Trinajstić information content (AvgIpc) is 2.47. The lowest BCUT2D eigenvalue weighted by Crippen LogP contribution is -2.23.